The number of benzene rings is 2. The van der Waals surface area contributed by atoms with Crippen molar-refractivity contribution in [2.24, 2.45) is 0 Å². The molecule has 0 amide bonds. The standard InChI is InChI=1S/C14H10N.Y/c1-11-2-6-13(7-3-11)14-8-4-12(10-15)5-9-14;/h2-4,6-9H,1H3;/q-1;+3. The normalized spacial score (nSPS) is 9.00. The number of rotatable bonds is 1. The number of hydrogen-bond donors (Lipinski definition) is 0. The number of nitriles is 1. The maximum Gasteiger partial charge on any atom is 3.00 e. The van der Waals surface area contributed by atoms with E-state index in [1.807, 2.05) is 12.1 Å². The van der Waals surface area contributed by atoms with Gasteiger partial charge in [-0.2, -0.15) is 0 Å². The molecule has 0 atom stereocenters. The van der Waals surface area contributed by atoms with Gasteiger partial charge in [-0.05, 0) is 13.0 Å². The van der Waals surface area contributed by atoms with Gasteiger partial charge in [-0.3, -0.25) is 5.26 Å². The summed E-state index contributed by atoms with van der Waals surface area (Å²) < 4.78 is 0. The summed E-state index contributed by atoms with van der Waals surface area (Å²) in [6, 6.07) is 18.9. The zero-order valence-corrected chi connectivity index (χ0v) is 11.9. The molecule has 0 heterocycles. The smallest absolute Gasteiger partial charge is 0.262 e. The summed E-state index contributed by atoms with van der Waals surface area (Å²) in [5, 5.41) is 8.65. The molecule has 2 aromatic carbocycles. The van der Waals surface area contributed by atoms with Gasteiger partial charge in [0.15, 0.2) is 0 Å². The maximum atomic E-state index is 8.65. The molecule has 16 heavy (non-hydrogen) atoms. The first-order valence-corrected chi connectivity index (χ1v) is 4.78. The van der Waals surface area contributed by atoms with Gasteiger partial charge < -0.3 is 0 Å². The Labute approximate surface area is 121 Å². The van der Waals surface area contributed by atoms with Gasteiger partial charge in [-0.1, -0.05) is 46.5 Å². The Hall–Kier alpha value is -0.966. The van der Waals surface area contributed by atoms with E-state index in [9.17, 15) is 0 Å². The third-order valence-corrected chi connectivity index (χ3v) is 2.32. The van der Waals surface area contributed by atoms with Crippen LogP contribution in [-0.2, 0) is 32.7 Å². The van der Waals surface area contributed by atoms with E-state index in [1.165, 1.54) is 5.56 Å². The molecule has 0 aromatic heterocycles. The summed E-state index contributed by atoms with van der Waals surface area (Å²) in [6.45, 7) is 2.06. The first-order valence-electron chi connectivity index (χ1n) is 4.78. The van der Waals surface area contributed by atoms with E-state index in [0.717, 1.165) is 11.1 Å². The molecule has 0 saturated carbocycles. The molecule has 0 saturated heterocycles. The molecule has 0 fully saturated rings. The molecule has 0 aliphatic carbocycles. The van der Waals surface area contributed by atoms with Crippen LogP contribution in [-0.4, -0.2) is 0 Å². The molecule has 0 N–H and O–H groups in total. The van der Waals surface area contributed by atoms with Crippen LogP contribution in [0.3, 0.4) is 0 Å². The van der Waals surface area contributed by atoms with E-state index in [1.54, 1.807) is 6.07 Å². The van der Waals surface area contributed by atoms with Crippen molar-refractivity contribution < 1.29 is 32.7 Å². The monoisotopic (exact) mass is 281 g/mol. The molecular formula is C14H10NY+2. The Bertz CT molecular complexity index is 492. The third-order valence-electron chi connectivity index (χ3n) is 2.32. The second kappa shape index (κ2) is 5.94. The molecule has 0 spiro atoms. The predicted molar refractivity (Wildman–Crippen MR) is 60.2 cm³/mol. The summed E-state index contributed by atoms with van der Waals surface area (Å²) >= 11 is 0. The second-order valence-corrected chi connectivity index (χ2v) is 3.47. The molecular weight excluding hydrogens is 271 g/mol. The zero-order chi connectivity index (χ0) is 10.7. The summed E-state index contributed by atoms with van der Waals surface area (Å²) in [5.41, 5.74) is 4.07. The minimum absolute atomic E-state index is 0. The first kappa shape index (κ1) is 13.1. The molecule has 0 aliphatic rings. The van der Waals surface area contributed by atoms with Crippen LogP contribution in [0.5, 0.6) is 0 Å². The molecule has 72 valence electrons. The van der Waals surface area contributed by atoms with Crippen molar-refractivity contribution in [3.8, 4) is 17.2 Å². The van der Waals surface area contributed by atoms with Crippen molar-refractivity contribution in [1.29, 1.82) is 5.26 Å². The molecule has 0 bridgehead atoms. The topological polar surface area (TPSA) is 23.8 Å². The van der Waals surface area contributed by atoms with Crippen molar-refractivity contribution in [2.75, 3.05) is 0 Å². The summed E-state index contributed by atoms with van der Waals surface area (Å²) in [7, 11) is 0. The fourth-order valence-corrected chi connectivity index (χ4v) is 1.42. The largest absolute Gasteiger partial charge is 3.00 e. The van der Waals surface area contributed by atoms with Crippen LogP contribution in [0.1, 0.15) is 11.1 Å². The van der Waals surface area contributed by atoms with Gasteiger partial charge in [-0.15, -0.1) is 24.3 Å². The fourth-order valence-electron chi connectivity index (χ4n) is 1.42. The van der Waals surface area contributed by atoms with Gasteiger partial charge in [0, 0.05) is 0 Å². The van der Waals surface area contributed by atoms with E-state index in [-0.39, 0.29) is 32.7 Å². The molecule has 2 heteroatoms. The molecule has 0 aliphatic heterocycles. The molecule has 2 aromatic rings. The third kappa shape index (κ3) is 3.01. The van der Waals surface area contributed by atoms with Gasteiger partial charge in [-0.25, -0.2) is 0 Å². The van der Waals surface area contributed by atoms with Crippen LogP contribution >= 0.6 is 0 Å². The SMILES string of the molecule is Cc1ccc(-c2c[c-]c(C#N)cc2)cc1.[Y+3]. The number of hydrogen-bond acceptors (Lipinski definition) is 1. The Kier molecular flexibility index (Phi) is 4.86. The quantitative estimate of drug-likeness (QED) is 0.735. The van der Waals surface area contributed by atoms with Crippen molar-refractivity contribution in [1.82, 2.24) is 0 Å². The van der Waals surface area contributed by atoms with Crippen molar-refractivity contribution >= 4 is 0 Å². The minimum atomic E-state index is 0. The van der Waals surface area contributed by atoms with E-state index in [0.29, 0.717) is 5.56 Å². The van der Waals surface area contributed by atoms with E-state index < -0.39 is 0 Å². The van der Waals surface area contributed by atoms with Crippen LogP contribution in [0.2, 0.25) is 0 Å². The molecule has 1 nitrogen and oxygen atoms in total. The van der Waals surface area contributed by atoms with Gasteiger partial charge >= 0.3 is 32.7 Å². The van der Waals surface area contributed by atoms with Crippen LogP contribution in [0, 0.1) is 24.3 Å². The Morgan fingerprint density at radius 2 is 1.62 bits per heavy atom. The van der Waals surface area contributed by atoms with E-state index in [2.05, 4.69) is 43.3 Å². The minimum Gasteiger partial charge on any atom is -0.262 e. The summed E-state index contributed by atoms with van der Waals surface area (Å²) in [4.78, 5) is 0. The maximum absolute atomic E-state index is 8.65. The van der Waals surface area contributed by atoms with E-state index in [4.69, 9.17) is 5.26 Å². The average Bonchev–Trinajstić information content (AvgIpc) is 2.30. The van der Waals surface area contributed by atoms with Crippen molar-refractivity contribution in [2.45, 2.75) is 6.92 Å². The van der Waals surface area contributed by atoms with Gasteiger partial charge in [0.25, 0.3) is 0 Å². The van der Waals surface area contributed by atoms with Crippen LogP contribution in [0.15, 0.2) is 42.5 Å². The molecule has 2 rings (SSSR count). The fraction of sp³-hybridized carbons (Fsp3) is 0.0714. The molecule has 0 radical (unpaired) electrons. The van der Waals surface area contributed by atoms with Crippen LogP contribution < -0.4 is 0 Å². The van der Waals surface area contributed by atoms with Gasteiger partial charge in [0.05, 0.1) is 0 Å². The Morgan fingerprint density at radius 1 is 1.00 bits per heavy atom. The van der Waals surface area contributed by atoms with Gasteiger partial charge in [0.1, 0.15) is 0 Å². The zero-order valence-electron chi connectivity index (χ0n) is 9.07. The average molecular weight is 281 g/mol. The van der Waals surface area contributed by atoms with Gasteiger partial charge in [0.2, 0.25) is 0 Å². The number of aryl methyl sites for hydroxylation is 1. The summed E-state index contributed by atoms with van der Waals surface area (Å²) in [5.74, 6) is 0. The first-order chi connectivity index (χ1) is 7.29. The Balaban J connectivity index is 0.00000128. The predicted octanol–water partition coefficient (Wildman–Crippen LogP) is 3.33. The Morgan fingerprint density at radius 3 is 2.12 bits per heavy atom. The summed E-state index contributed by atoms with van der Waals surface area (Å²) in [6.07, 6.45) is 0. The number of nitrogens with zero attached hydrogens (tertiary/aromatic N) is 1. The molecule has 0 unspecified atom stereocenters. The van der Waals surface area contributed by atoms with Crippen molar-refractivity contribution in [3.05, 3.63) is 59.7 Å². The van der Waals surface area contributed by atoms with Crippen molar-refractivity contribution in [3.63, 3.8) is 0 Å². The van der Waals surface area contributed by atoms with E-state index >= 15 is 0 Å². The van der Waals surface area contributed by atoms with Crippen LogP contribution in [0.25, 0.3) is 11.1 Å². The second-order valence-electron chi connectivity index (χ2n) is 3.47. The van der Waals surface area contributed by atoms with Crippen LogP contribution in [0.4, 0.5) is 0 Å².